The lowest BCUT2D eigenvalue weighted by Crippen LogP contribution is -2.51. The molecule has 0 aromatic carbocycles. The molecule has 1 saturated carbocycles. The molecule has 0 radical (unpaired) electrons. The first-order valence-electron chi connectivity index (χ1n) is 5.35. The highest BCUT2D eigenvalue weighted by atomic mass is 16.7. The SMILES string of the molecule is NC1OC(=O)C(C2CCCCC2)OC1=O. The van der Waals surface area contributed by atoms with Crippen molar-refractivity contribution in [1.29, 1.82) is 0 Å². The second kappa shape index (κ2) is 4.18. The van der Waals surface area contributed by atoms with Gasteiger partial charge < -0.3 is 9.47 Å². The maximum atomic E-state index is 11.5. The fraction of sp³-hybridized carbons (Fsp3) is 0.800. The molecule has 1 aliphatic heterocycles. The Hall–Kier alpha value is -1.10. The summed E-state index contributed by atoms with van der Waals surface area (Å²) in [5.74, 6) is -1.01. The van der Waals surface area contributed by atoms with Crippen LogP contribution < -0.4 is 5.73 Å². The predicted octanol–water partition coefficient (Wildman–Crippen LogP) is 0.320. The van der Waals surface area contributed by atoms with E-state index in [1.54, 1.807) is 0 Å². The number of hydrogen-bond donors (Lipinski definition) is 1. The molecule has 2 atom stereocenters. The zero-order chi connectivity index (χ0) is 10.8. The summed E-state index contributed by atoms with van der Waals surface area (Å²) in [4.78, 5) is 22.6. The van der Waals surface area contributed by atoms with Gasteiger partial charge in [0.1, 0.15) is 0 Å². The molecule has 0 amide bonds. The highest BCUT2D eigenvalue weighted by molar-refractivity contribution is 5.87. The van der Waals surface area contributed by atoms with Crippen LogP contribution in [0.1, 0.15) is 32.1 Å². The van der Waals surface area contributed by atoms with Gasteiger partial charge in [-0.3, -0.25) is 5.73 Å². The lowest BCUT2D eigenvalue weighted by atomic mass is 9.85. The number of hydrogen-bond acceptors (Lipinski definition) is 5. The minimum absolute atomic E-state index is 0.114. The molecular formula is C10H15NO4. The van der Waals surface area contributed by atoms with Gasteiger partial charge >= 0.3 is 11.9 Å². The summed E-state index contributed by atoms with van der Waals surface area (Å²) in [7, 11) is 0. The van der Waals surface area contributed by atoms with Gasteiger partial charge in [0.2, 0.25) is 12.3 Å². The van der Waals surface area contributed by atoms with Crippen molar-refractivity contribution in [2.24, 2.45) is 11.7 Å². The molecule has 2 fully saturated rings. The summed E-state index contributed by atoms with van der Waals surface area (Å²) in [5.41, 5.74) is 5.24. The zero-order valence-corrected chi connectivity index (χ0v) is 8.48. The topological polar surface area (TPSA) is 78.6 Å². The van der Waals surface area contributed by atoms with Crippen molar-refractivity contribution < 1.29 is 19.1 Å². The number of esters is 2. The van der Waals surface area contributed by atoms with Gasteiger partial charge in [-0.15, -0.1) is 0 Å². The van der Waals surface area contributed by atoms with Crippen LogP contribution in [0.2, 0.25) is 0 Å². The lowest BCUT2D eigenvalue weighted by Gasteiger charge is -2.32. The molecule has 2 unspecified atom stereocenters. The highest BCUT2D eigenvalue weighted by Gasteiger charge is 2.41. The van der Waals surface area contributed by atoms with Crippen LogP contribution in [-0.4, -0.2) is 24.3 Å². The van der Waals surface area contributed by atoms with E-state index in [0.29, 0.717) is 0 Å². The molecule has 15 heavy (non-hydrogen) atoms. The van der Waals surface area contributed by atoms with Crippen LogP contribution in [0.25, 0.3) is 0 Å². The van der Waals surface area contributed by atoms with Crippen molar-refractivity contribution in [2.45, 2.75) is 44.4 Å². The fourth-order valence-electron chi connectivity index (χ4n) is 2.21. The molecule has 0 aromatic rings. The third kappa shape index (κ3) is 2.12. The molecule has 0 spiro atoms. The maximum absolute atomic E-state index is 11.5. The number of carbonyl (C=O) groups excluding carboxylic acids is 2. The molecule has 5 heteroatoms. The number of rotatable bonds is 1. The Bertz CT molecular complexity index is 273. The van der Waals surface area contributed by atoms with Crippen LogP contribution in [0, 0.1) is 5.92 Å². The third-order valence-corrected chi connectivity index (χ3v) is 3.03. The Kier molecular flexibility index (Phi) is 2.90. The van der Waals surface area contributed by atoms with Gasteiger partial charge in [-0.1, -0.05) is 19.3 Å². The van der Waals surface area contributed by atoms with E-state index in [0.717, 1.165) is 25.7 Å². The van der Waals surface area contributed by atoms with Gasteiger partial charge in [0, 0.05) is 5.92 Å². The van der Waals surface area contributed by atoms with Crippen LogP contribution in [0.3, 0.4) is 0 Å². The summed E-state index contributed by atoms with van der Waals surface area (Å²) < 4.78 is 9.74. The zero-order valence-electron chi connectivity index (χ0n) is 8.48. The minimum Gasteiger partial charge on any atom is -0.446 e. The standard InChI is InChI=1S/C10H15NO4/c11-8-10(13)14-7(9(12)15-8)6-4-2-1-3-5-6/h6-8H,1-5,11H2. The van der Waals surface area contributed by atoms with Crippen LogP contribution in [-0.2, 0) is 19.1 Å². The number of cyclic esters (lactones) is 2. The average molecular weight is 213 g/mol. The lowest BCUT2D eigenvalue weighted by molar-refractivity contribution is -0.199. The second-order valence-corrected chi connectivity index (χ2v) is 4.11. The van der Waals surface area contributed by atoms with Crippen molar-refractivity contribution in [1.82, 2.24) is 0 Å². The first-order chi connectivity index (χ1) is 7.18. The van der Waals surface area contributed by atoms with Crippen molar-refractivity contribution in [3.63, 3.8) is 0 Å². The fourth-order valence-corrected chi connectivity index (χ4v) is 2.21. The van der Waals surface area contributed by atoms with E-state index in [4.69, 9.17) is 15.2 Å². The summed E-state index contributed by atoms with van der Waals surface area (Å²) in [6.45, 7) is 0. The molecule has 1 heterocycles. The van der Waals surface area contributed by atoms with Gasteiger partial charge in [0.15, 0.2) is 0 Å². The van der Waals surface area contributed by atoms with E-state index in [1.165, 1.54) is 6.42 Å². The summed E-state index contributed by atoms with van der Waals surface area (Å²) in [6, 6.07) is 0. The molecule has 0 aromatic heterocycles. The summed E-state index contributed by atoms with van der Waals surface area (Å²) >= 11 is 0. The first kappa shape index (κ1) is 10.4. The monoisotopic (exact) mass is 213 g/mol. The van der Waals surface area contributed by atoms with Crippen LogP contribution in [0.15, 0.2) is 0 Å². The van der Waals surface area contributed by atoms with Gasteiger partial charge in [-0.2, -0.15) is 0 Å². The largest absolute Gasteiger partial charge is 0.446 e. The van der Waals surface area contributed by atoms with Gasteiger partial charge in [0.25, 0.3) is 0 Å². The molecule has 2 N–H and O–H groups in total. The minimum atomic E-state index is -1.24. The van der Waals surface area contributed by atoms with Crippen LogP contribution >= 0.6 is 0 Å². The second-order valence-electron chi connectivity index (χ2n) is 4.11. The molecule has 2 aliphatic rings. The van der Waals surface area contributed by atoms with Gasteiger partial charge in [-0.05, 0) is 12.8 Å². The van der Waals surface area contributed by atoms with Crippen LogP contribution in [0.4, 0.5) is 0 Å². The van der Waals surface area contributed by atoms with Crippen molar-refractivity contribution >= 4 is 11.9 Å². The van der Waals surface area contributed by atoms with E-state index >= 15 is 0 Å². The molecule has 84 valence electrons. The van der Waals surface area contributed by atoms with Gasteiger partial charge in [0.05, 0.1) is 0 Å². The Morgan fingerprint density at radius 2 is 1.67 bits per heavy atom. The molecule has 1 aliphatic carbocycles. The van der Waals surface area contributed by atoms with Crippen molar-refractivity contribution in [2.75, 3.05) is 0 Å². The van der Waals surface area contributed by atoms with E-state index in [-0.39, 0.29) is 5.92 Å². The third-order valence-electron chi connectivity index (χ3n) is 3.03. The summed E-state index contributed by atoms with van der Waals surface area (Å²) in [6.07, 6.45) is 3.22. The van der Waals surface area contributed by atoms with E-state index in [1.807, 2.05) is 0 Å². The molecular weight excluding hydrogens is 198 g/mol. The molecule has 1 saturated heterocycles. The molecule has 2 rings (SSSR count). The Balaban J connectivity index is 2.01. The average Bonchev–Trinajstić information content (AvgIpc) is 2.25. The maximum Gasteiger partial charge on any atom is 0.363 e. The Labute approximate surface area is 87.9 Å². The van der Waals surface area contributed by atoms with Crippen molar-refractivity contribution in [3.05, 3.63) is 0 Å². The van der Waals surface area contributed by atoms with E-state index in [9.17, 15) is 9.59 Å². The smallest absolute Gasteiger partial charge is 0.363 e. The predicted molar refractivity (Wildman–Crippen MR) is 50.5 cm³/mol. The Morgan fingerprint density at radius 1 is 1.00 bits per heavy atom. The highest BCUT2D eigenvalue weighted by Crippen LogP contribution is 2.30. The van der Waals surface area contributed by atoms with E-state index < -0.39 is 24.3 Å². The van der Waals surface area contributed by atoms with E-state index in [2.05, 4.69) is 0 Å². The number of carbonyl (C=O) groups is 2. The van der Waals surface area contributed by atoms with Crippen molar-refractivity contribution in [3.8, 4) is 0 Å². The summed E-state index contributed by atoms with van der Waals surface area (Å²) in [5, 5.41) is 0. The Morgan fingerprint density at radius 3 is 2.33 bits per heavy atom. The molecule has 0 bridgehead atoms. The van der Waals surface area contributed by atoms with Crippen LogP contribution in [0.5, 0.6) is 0 Å². The number of nitrogens with two attached hydrogens (primary N) is 1. The quantitative estimate of drug-likeness (QED) is 0.634. The first-order valence-corrected chi connectivity index (χ1v) is 5.35. The molecule has 5 nitrogen and oxygen atoms in total. The van der Waals surface area contributed by atoms with Gasteiger partial charge in [-0.25, -0.2) is 9.59 Å². The normalized spacial score (nSPS) is 33.4. The number of ether oxygens (including phenoxy) is 2.